The van der Waals surface area contributed by atoms with Gasteiger partial charge in [-0.15, -0.1) is 0 Å². The average molecular weight is 455 g/mol. The van der Waals surface area contributed by atoms with Crippen molar-refractivity contribution in [3.05, 3.63) is 94.3 Å². The summed E-state index contributed by atoms with van der Waals surface area (Å²) in [4.78, 5) is 31.0. The Kier molecular flexibility index (Phi) is 6.57. The third-order valence-electron chi connectivity index (χ3n) is 5.26. The quantitative estimate of drug-likeness (QED) is 0.329. The van der Waals surface area contributed by atoms with Crippen molar-refractivity contribution in [3.63, 3.8) is 0 Å². The molecule has 0 saturated carbocycles. The molecule has 33 heavy (non-hydrogen) atoms. The van der Waals surface area contributed by atoms with Crippen molar-refractivity contribution in [2.75, 3.05) is 5.32 Å². The zero-order chi connectivity index (χ0) is 23.4. The van der Waals surface area contributed by atoms with E-state index in [0.29, 0.717) is 33.0 Å². The molecule has 1 atom stereocenters. The predicted octanol–water partition coefficient (Wildman–Crippen LogP) is 4.94. The van der Waals surface area contributed by atoms with Gasteiger partial charge < -0.3 is 5.32 Å². The van der Waals surface area contributed by atoms with E-state index in [1.54, 1.807) is 47.9 Å². The summed E-state index contributed by atoms with van der Waals surface area (Å²) in [6, 6.07) is 23.8. The number of para-hydroxylation sites is 1. The summed E-state index contributed by atoms with van der Waals surface area (Å²) in [5.74, 6) is -0.245. The van der Waals surface area contributed by atoms with Gasteiger partial charge in [-0.25, -0.2) is 4.98 Å². The number of anilines is 1. The Morgan fingerprint density at radius 1 is 1.12 bits per heavy atom. The molecular formula is C26H22N4O2S. The molecule has 1 N–H and O–H groups in total. The number of carbonyl (C=O) groups is 1. The van der Waals surface area contributed by atoms with Gasteiger partial charge in [0.2, 0.25) is 5.91 Å². The second kappa shape index (κ2) is 9.72. The van der Waals surface area contributed by atoms with Crippen LogP contribution in [0, 0.1) is 11.3 Å². The second-order valence-electron chi connectivity index (χ2n) is 7.51. The van der Waals surface area contributed by atoms with E-state index in [1.807, 2.05) is 36.4 Å². The fraction of sp³-hybridized carbons (Fsp3) is 0.154. The number of aryl methyl sites for hydroxylation is 1. The largest absolute Gasteiger partial charge is 0.325 e. The lowest BCUT2D eigenvalue weighted by atomic mass is 10.1. The standard InChI is InChI=1S/C26H22N4O2S/c1-3-18-11-13-21(14-12-18)30-25(32)22-9-4-5-10-23(22)29-26(30)33-17(2)24(31)28-20-8-6-7-19(15-20)16-27/h4-15,17H,3H2,1-2H3,(H,28,31). The minimum atomic E-state index is -0.537. The van der Waals surface area contributed by atoms with Crippen molar-refractivity contribution in [2.45, 2.75) is 30.7 Å². The molecule has 7 heteroatoms. The van der Waals surface area contributed by atoms with Crippen LogP contribution in [0.4, 0.5) is 5.69 Å². The van der Waals surface area contributed by atoms with Gasteiger partial charge in [-0.1, -0.05) is 49.0 Å². The molecule has 6 nitrogen and oxygen atoms in total. The van der Waals surface area contributed by atoms with Gasteiger partial charge in [0.05, 0.1) is 33.5 Å². The van der Waals surface area contributed by atoms with Gasteiger partial charge in [0.25, 0.3) is 5.56 Å². The SMILES string of the molecule is CCc1ccc(-n2c(SC(C)C(=O)Nc3cccc(C#N)c3)nc3ccccc3c2=O)cc1. The van der Waals surface area contributed by atoms with E-state index >= 15 is 0 Å². The number of hydrogen-bond acceptors (Lipinski definition) is 5. The van der Waals surface area contributed by atoms with E-state index in [4.69, 9.17) is 10.2 Å². The van der Waals surface area contributed by atoms with Gasteiger partial charge in [0.15, 0.2) is 5.16 Å². The molecule has 0 fully saturated rings. The molecule has 1 aromatic heterocycles. The minimum Gasteiger partial charge on any atom is -0.325 e. The van der Waals surface area contributed by atoms with Crippen LogP contribution in [0.2, 0.25) is 0 Å². The molecule has 0 aliphatic carbocycles. The number of thioether (sulfide) groups is 1. The number of nitriles is 1. The zero-order valence-electron chi connectivity index (χ0n) is 18.3. The highest BCUT2D eigenvalue weighted by Crippen LogP contribution is 2.26. The average Bonchev–Trinajstić information content (AvgIpc) is 2.84. The maximum Gasteiger partial charge on any atom is 0.266 e. The van der Waals surface area contributed by atoms with Crippen molar-refractivity contribution in [1.82, 2.24) is 9.55 Å². The highest BCUT2D eigenvalue weighted by atomic mass is 32.2. The van der Waals surface area contributed by atoms with Crippen molar-refractivity contribution in [1.29, 1.82) is 5.26 Å². The Morgan fingerprint density at radius 3 is 2.61 bits per heavy atom. The van der Waals surface area contributed by atoms with Crippen LogP contribution in [0.1, 0.15) is 25.0 Å². The second-order valence-corrected chi connectivity index (χ2v) is 8.82. The fourth-order valence-electron chi connectivity index (χ4n) is 3.42. The summed E-state index contributed by atoms with van der Waals surface area (Å²) in [5.41, 5.74) is 3.29. The molecule has 0 aliphatic rings. The van der Waals surface area contributed by atoms with Crippen molar-refractivity contribution >= 4 is 34.3 Å². The van der Waals surface area contributed by atoms with Crippen LogP contribution in [0.3, 0.4) is 0 Å². The normalized spacial score (nSPS) is 11.7. The van der Waals surface area contributed by atoms with E-state index in [1.165, 1.54) is 17.3 Å². The predicted molar refractivity (Wildman–Crippen MR) is 132 cm³/mol. The molecule has 0 spiro atoms. The van der Waals surface area contributed by atoms with Crippen molar-refractivity contribution < 1.29 is 4.79 Å². The molecular weight excluding hydrogens is 432 g/mol. The third kappa shape index (κ3) is 4.81. The molecule has 1 amide bonds. The molecule has 0 bridgehead atoms. The first-order valence-corrected chi connectivity index (χ1v) is 11.5. The first kappa shape index (κ1) is 22.3. The molecule has 1 unspecified atom stereocenters. The van der Waals surface area contributed by atoms with Gasteiger partial charge in [-0.3, -0.25) is 14.2 Å². The van der Waals surface area contributed by atoms with E-state index < -0.39 is 5.25 Å². The van der Waals surface area contributed by atoms with Crippen LogP contribution in [0.25, 0.3) is 16.6 Å². The summed E-state index contributed by atoms with van der Waals surface area (Å²) < 4.78 is 1.56. The van der Waals surface area contributed by atoms with Crippen molar-refractivity contribution in [2.24, 2.45) is 0 Å². The Morgan fingerprint density at radius 2 is 1.88 bits per heavy atom. The maximum absolute atomic E-state index is 13.4. The highest BCUT2D eigenvalue weighted by Gasteiger charge is 2.20. The topological polar surface area (TPSA) is 87.8 Å². The van der Waals surface area contributed by atoms with Crippen molar-refractivity contribution in [3.8, 4) is 11.8 Å². The minimum absolute atomic E-state index is 0.179. The number of benzene rings is 3. The number of fused-ring (bicyclic) bond motifs is 1. The van der Waals surface area contributed by atoms with Crippen LogP contribution in [0.15, 0.2) is 82.7 Å². The molecule has 3 aromatic carbocycles. The Balaban J connectivity index is 1.70. The molecule has 4 aromatic rings. The fourth-order valence-corrected chi connectivity index (χ4v) is 4.35. The lowest BCUT2D eigenvalue weighted by Gasteiger charge is -2.17. The Bertz CT molecular complexity index is 1420. The first-order valence-electron chi connectivity index (χ1n) is 10.6. The van der Waals surface area contributed by atoms with E-state index in [2.05, 4.69) is 18.3 Å². The number of nitrogens with one attached hydrogen (secondary N) is 1. The number of nitrogens with zero attached hydrogens (tertiary/aromatic N) is 3. The molecule has 0 radical (unpaired) electrons. The lowest BCUT2D eigenvalue weighted by molar-refractivity contribution is -0.115. The number of amides is 1. The summed E-state index contributed by atoms with van der Waals surface area (Å²) >= 11 is 1.22. The summed E-state index contributed by atoms with van der Waals surface area (Å²) in [6.45, 7) is 3.84. The Labute approximate surface area is 195 Å². The maximum atomic E-state index is 13.4. The number of carbonyl (C=O) groups excluding carboxylic acids is 1. The van der Waals surface area contributed by atoms with E-state index in [-0.39, 0.29) is 11.5 Å². The van der Waals surface area contributed by atoms with Gasteiger partial charge in [0, 0.05) is 5.69 Å². The van der Waals surface area contributed by atoms with Crippen LogP contribution >= 0.6 is 11.8 Å². The number of rotatable bonds is 6. The third-order valence-corrected chi connectivity index (χ3v) is 6.31. The van der Waals surface area contributed by atoms with Gasteiger partial charge >= 0.3 is 0 Å². The molecule has 1 heterocycles. The number of aromatic nitrogens is 2. The van der Waals surface area contributed by atoms with Gasteiger partial charge in [0.1, 0.15) is 0 Å². The first-order chi connectivity index (χ1) is 16.0. The lowest BCUT2D eigenvalue weighted by Crippen LogP contribution is -2.26. The van der Waals surface area contributed by atoms with Crippen LogP contribution in [-0.4, -0.2) is 20.7 Å². The molecule has 0 saturated heterocycles. The highest BCUT2D eigenvalue weighted by molar-refractivity contribution is 8.00. The number of hydrogen-bond donors (Lipinski definition) is 1. The Hall–Kier alpha value is -3.89. The zero-order valence-corrected chi connectivity index (χ0v) is 19.1. The molecule has 0 aliphatic heterocycles. The van der Waals surface area contributed by atoms with Crippen LogP contribution in [0.5, 0.6) is 0 Å². The smallest absolute Gasteiger partial charge is 0.266 e. The monoisotopic (exact) mass is 454 g/mol. The van der Waals surface area contributed by atoms with Gasteiger partial charge in [-0.05, 0) is 61.4 Å². The molecule has 4 rings (SSSR count). The summed E-state index contributed by atoms with van der Waals surface area (Å²) in [6.07, 6.45) is 0.900. The van der Waals surface area contributed by atoms with Gasteiger partial charge in [-0.2, -0.15) is 5.26 Å². The summed E-state index contributed by atoms with van der Waals surface area (Å²) in [5, 5.41) is 12.3. The van der Waals surface area contributed by atoms with Crippen LogP contribution < -0.4 is 10.9 Å². The molecule has 164 valence electrons. The summed E-state index contributed by atoms with van der Waals surface area (Å²) in [7, 11) is 0. The van der Waals surface area contributed by atoms with Crippen LogP contribution in [-0.2, 0) is 11.2 Å². The van der Waals surface area contributed by atoms with E-state index in [0.717, 1.165) is 6.42 Å². The van der Waals surface area contributed by atoms with E-state index in [9.17, 15) is 9.59 Å².